The molecule has 1 saturated heterocycles. The number of nitriles is 1. The molecule has 0 bridgehead atoms. The fraction of sp³-hybridized carbons (Fsp3) is 0.185. The van der Waals surface area contributed by atoms with Crippen molar-refractivity contribution in [3.63, 3.8) is 0 Å². The van der Waals surface area contributed by atoms with Crippen molar-refractivity contribution in [2.24, 2.45) is 0 Å². The number of anilines is 1. The summed E-state index contributed by atoms with van der Waals surface area (Å²) in [6.45, 7) is 0.505. The largest absolute Gasteiger partial charge is 0.389 e. The first kappa shape index (κ1) is 22.8. The minimum absolute atomic E-state index is 0.00240. The van der Waals surface area contributed by atoms with Crippen LogP contribution in [-0.4, -0.2) is 45.1 Å². The van der Waals surface area contributed by atoms with E-state index in [1.807, 2.05) is 54.6 Å². The van der Waals surface area contributed by atoms with Gasteiger partial charge in [0.1, 0.15) is 23.8 Å². The molecule has 1 aliphatic heterocycles. The molecule has 1 amide bonds. The van der Waals surface area contributed by atoms with Crippen molar-refractivity contribution in [2.75, 3.05) is 18.8 Å². The van der Waals surface area contributed by atoms with Crippen LogP contribution in [0.25, 0.3) is 11.6 Å². The van der Waals surface area contributed by atoms with E-state index in [9.17, 15) is 15.2 Å². The third kappa shape index (κ3) is 4.54. The van der Waals surface area contributed by atoms with Gasteiger partial charge >= 0.3 is 0 Å². The molecule has 2 aromatic carbocycles. The first-order valence-corrected chi connectivity index (χ1v) is 11.6. The Balaban J connectivity index is 1.51. The number of carbonyl (C=O) groups is 1. The van der Waals surface area contributed by atoms with Crippen molar-refractivity contribution in [3.8, 4) is 6.07 Å². The van der Waals surface area contributed by atoms with E-state index < -0.39 is 6.10 Å². The number of allylic oxidation sites excluding steroid dienone is 1. The molecule has 1 fully saturated rings. The van der Waals surface area contributed by atoms with Gasteiger partial charge in [-0.25, -0.2) is 9.97 Å². The molecule has 174 valence electrons. The van der Waals surface area contributed by atoms with Gasteiger partial charge in [0.2, 0.25) is 0 Å². The fourth-order valence-electron chi connectivity index (χ4n) is 4.50. The summed E-state index contributed by atoms with van der Waals surface area (Å²) in [4.78, 5) is 22.7. The fourth-order valence-corrected chi connectivity index (χ4v) is 4.63. The lowest BCUT2D eigenvalue weighted by molar-refractivity contribution is -0.136. The SMILES string of the molecule is N#C/C(=C\c1cccc(C2C=C(c3ccc(Cl)cc3)c3c(N)ncnc3C2)c1)C(=O)N1CC(O)C1. The summed E-state index contributed by atoms with van der Waals surface area (Å²) in [7, 11) is 0. The van der Waals surface area contributed by atoms with Crippen molar-refractivity contribution < 1.29 is 9.90 Å². The minimum atomic E-state index is -0.518. The number of nitrogen functional groups attached to an aromatic ring is 1. The van der Waals surface area contributed by atoms with E-state index in [2.05, 4.69) is 16.0 Å². The quantitative estimate of drug-likeness (QED) is 0.432. The first-order valence-electron chi connectivity index (χ1n) is 11.2. The summed E-state index contributed by atoms with van der Waals surface area (Å²) in [6.07, 6.45) is 5.36. The van der Waals surface area contributed by atoms with Crippen LogP contribution in [0.3, 0.4) is 0 Å². The van der Waals surface area contributed by atoms with Crippen LogP contribution >= 0.6 is 11.6 Å². The second kappa shape index (κ2) is 9.34. The summed E-state index contributed by atoms with van der Waals surface area (Å²) >= 11 is 6.10. The number of rotatable bonds is 4. The molecule has 2 aliphatic rings. The Morgan fingerprint density at radius 3 is 2.69 bits per heavy atom. The van der Waals surface area contributed by atoms with Crippen LogP contribution in [0.2, 0.25) is 5.02 Å². The Labute approximate surface area is 207 Å². The summed E-state index contributed by atoms with van der Waals surface area (Å²) in [6, 6.07) is 17.3. The van der Waals surface area contributed by atoms with Crippen molar-refractivity contribution in [1.29, 1.82) is 5.26 Å². The van der Waals surface area contributed by atoms with Crippen LogP contribution < -0.4 is 5.73 Å². The lowest BCUT2D eigenvalue weighted by Crippen LogP contribution is -2.53. The number of nitrogens with zero attached hydrogens (tertiary/aromatic N) is 4. The Morgan fingerprint density at radius 1 is 1.20 bits per heavy atom. The van der Waals surface area contributed by atoms with Crippen LogP contribution in [0.15, 0.2) is 66.5 Å². The summed E-state index contributed by atoms with van der Waals surface area (Å²) in [5.41, 5.74) is 11.7. The van der Waals surface area contributed by atoms with E-state index in [4.69, 9.17) is 17.3 Å². The van der Waals surface area contributed by atoms with Gasteiger partial charge in [-0.2, -0.15) is 5.26 Å². The second-order valence-corrected chi connectivity index (χ2v) is 9.12. The molecule has 7 nitrogen and oxygen atoms in total. The normalized spacial score (nSPS) is 17.7. The summed E-state index contributed by atoms with van der Waals surface area (Å²) in [5, 5.41) is 19.7. The van der Waals surface area contributed by atoms with E-state index >= 15 is 0 Å². The molecule has 1 aromatic heterocycles. The number of amides is 1. The standard InChI is InChI=1S/C27H22ClN5O2/c28-21-6-4-17(5-7-21)23-10-19(11-24-25(23)26(30)32-15-31-24)18-3-1-2-16(8-18)9-20(12-29)27(35)33-13-22(34)14-33/h1-10,15,19,22,34H,11,13-14H2,(H2,30,31,32)/b20-9+. The zero-order valence-corrected chi connectivity index (χ0v) is 19.5. The van der Waals surface area contributed by atoms with E-state index in [0.29, 0.717) is 17.3 Å². The molecule has 3 N–H and O–H groups in total. The maximum absolute atomic E-state index is 12.6. The van der Waals surface area contributed by atoms with Crippen LogP contribution in [0, 0.1) is 11.3 Å². The molecule has 5 rings (SSSR count). The Hall–Kier alpha value is -3.99. The number of benzene rings is 2. The van der Waals surface area contributed by atoms with Crippen LogP contribution in [-0.2, 0) is 11.2 Å². The minimum Gasteiger partial charge on any atom is -0.389 e. The third-order valence-corrected chi connectivity index (χ3v) is 6.56. The molecule has 1 unspecified atom stereocenters. The van der Waals surface area contributed by atoms with Gasteiger partial charge in [0, 0.05) is 36.0 Å². The molecule has 3 aromatic rings. The molecule has 0 saturated carbocycles. The number of fused-ring (bicyclic) bond motifs is 1. The molecule has 0 spiro atoms. The lowest BCUT2D eigenvalue weighted by atomic mass is 9.81. The summed E-state index contributed by atoms with van der Waals surface area (Å²) in [5.74, 6) is 0.0640. The highest BCUT2D eigenvalue weighted by Crippen LogP contribution is 2.39. The topological polar surface area (TPSA) is 116 Å². The molecule has 35 heavy (non-hydrogen) atoms. The van der Waals surface area contributed by atoms with Crippen LogP contribution in [0.1, 0.15) is 33.9 Å². The van der Waals surface area contributed by atoms with E-state index in [-0.39, 0.29) is 30.5 Å². The average molecular weight is 484 g/mol. The number of hydrogen-bond acceptors (Lipinski definition) is 6. The Kier molecular flexibility index (Phi) is 6.08. The predicted octanol–water partition coefficient (Wildman–Crippen LogP) is 3.59. The molecule has 8 heteroatoms. The summed E-state index contributed by atoms with van der Waals surface area (Å²) < 4.78 is 0. The van der Waals surface area contributed by atoms with Gasteiger partial charge in [0.15, 0.2) is 0 Å². The van der Waals surface area contributed by atoms with E-state index in [1.54, 1.807) is 6.08 Å². The average Bonchev–Trinajstić information content (AvgIpc) is 2.85. The van der Waals surface area contributed by atoms with Crippen LogP contribution in [0.5, 0.6) is 0 Å². The molecular weight excluding hydrogens is 462 g/mol. The molecule has 1 aliphatic carbocycles. The van der Waals surface area contributed by atoms with Crippen molar-refractivity contribution in [3.05, 3.63) is 99.5 Å². The van der Waals surface area contributed by atoms with Gasteiger partial charge in [-0.05, 0) is 40.5 Å². The van der Waals surface area contributed by atoms with E-state index in [1.165, 1.54) is 11.2 Å². The zero-order chi connectivity index (χ0) is 24.5. The number of aliphatic hydroxyl groups excluding tert-OH is 1. The van der Waals surface area contributed by atoms with Gasteiger partial charge in [-0.15, -0.1) is 0 Å². The number of nitrogens with two attached hydrogens (primary N) is 1. The number of carbonyl (C=O) groups excluding carboxylic acids is 1. The number of likely N-dealkylation sites (tertiary alicyclic amines) is 1. The second-order valence-electron chi connectivity index (χ2n) is 8.68. The number of halogens is 1. The molecular formula is C27H22ClN5O2. The highest BCUT2D eigenvalue weighted by atomic mass is 35.5. The van der Waals surface area contributed by atoms with Gasteiger partial charge in [0.05, 0.1) is 11.8 Å². The van der Waals surface area contributed by atoms with Gasteiger partial charge in [-0.3, -0.25) is 4.79 Å². The monoisotopic (exact) mass is 483 g/mol. The Bertz CT molecular complexity index is 1400. The number of β-amino-alcohol motifs (C(OH)–C–C–N with tert-alkyl or cyclic N) is 1. The van der Waals surface area contributed by atoms with Gasteiger partial charge < -0.3 is 15.7 Å². The molecule has 1 atom stereocenters. The number of aliphatic hydroxyl groups is 1. The highest BCUT2D eigenvalue weighted by Gasteiger charge is 2.31. The molecule has 2 heterocycles. The maximum Gasteiger partial charge on any atom is 0.264 e. The maximum atomic E-state index is 12.6. The van der Waals surface area contributed by atoms with Gasteiger partial charge in [-0.1, -0.05) is 54.1 Å². The van der Waals surface area contributed by atoms with Crippen molar-refractivity contribution >= 4 is 35.0 Å². The number of hydrogen-bond donors (Lipinski definition) is 2. The van der Waals surface area contributed by atoms with E-state index in [0.717, 1.165) is 33.5 Å². The smallest absolute Gasteiger partial charge is 0.264 e. The van der Waals surface area contributed by atoms with Gasteiger partial charge in [0.25, 0.3) is 5.91 Å². The molecule has 0 radical (unpaired) electrons. The van der Waals surface area contributed by atoms with Crippen LogP contribution in [0.4, 0.5) is 5.82 Å². The zero-order valence-electron chi connectivity index (χ0n) is 18.7. The highest BCUT2D eigenvalue weighted by molar-refractivity contribution is 6.30. The third-order valence-electron chi connectivity index (χ3n) is 6.31. The lowest BCUT2D eigenvalue weighted by Gasteiger charge is -2.35. The predicted molar refractivity (Wildman–Crippen MR) is 134 cm³/mol. The Morgan fingerprint density at radius 2 is 1.97 bits per heavy atom. The first-order chi connectivity index (χ1) is 16.9. The van der Waals surface area contributed by atoms with Crippen molar-refractivity contribution in [1.82, 2.24) is 14.9 Å². The number of aromatic nitrogens is 2. The van der Waals surface area contributed by atoms with Crippen molar-refractivity contribution in [2.45, 2.75) is 18.4 Å².